The number of hydrogen-bond acceptors (Lipinski definition) is 2. The molecule has 0 aliphatic heterocycles. The Bertz CT molecular complexity index is 248. The Morgan fingerprint density at radius 3 is 2.93 bits per heavy atom. The number of hydrogen-bond donors (Lipinski definition) is 0. The largest absolute Gasteiger partial charge is 0.381 e. The maximum atomic E-state index is 5.55. The molecule has 1 unspecified atom stereocenters. The van der Waals surface area contributed by atoms with Gasteiger partial charge in [0.25, 0.3) is 0 Å². The summed E-state index contributed by atoms with van der Waals surface area (Å²) < 4.78 is 5.55. The fraction of sp³-hybridized carbons (Fsp3) is 0.615. The first-order valence-electron chi connectivity index (χ1n) is 5.82. The van der Waals surface area contributed by atoms with Gasteiger partial charge in [0, 0.05) is 25.6 Å². The lowest BCUT2D eigenvalue weighted by molar-refractivity contribution is 0.125. The first kappa shape index (κ1) is 12.2. The van der Waals surface area contributed by atoms with Gasteiger partial charge in [0.15, 0.2) is 0 Å². The van der Waals surface area contributed by atoms with Crippen LogP contribution in [-0.4, -0.2) is 18.2 Å². The van der Waals surface area contributed by atoms with Crippen molar-refractivity contribution in [2.24, 2.45) is 0 Å². The molecule has 0 radical (unpaired) electrons. The second kappa shape index (κ2) is 7.41. The maximum absolute atomic E-state index is 5.55. The van der Waals surface area contributed by atoms with Crippen LogP contribution >= 0.6 is 0 Å². The van der Waals surface area contributed by atoms with Crippen molar-refractivity contribution < 1.29 is 4.74 Å². The van der Waals surface area contributed by atoms with E-state index >= 15 is 0 Å². The van der Waals surface area contributed by atoms with E-state index < -0.39 is 0 Å². The predicted molar refractivity (Wildman–Crippen MR) is 63.0 cm³/mol. The summed E-state index contributed by atoms with van der Waals surface area (Å²) in [6.45, 7) is 6.16. The normalized spacial score (nSPS) is 12.7. The summed E-state index contributed by atoms with van der Waals surface area (Å²) in [7, 11) is 0. The third-order valence-corrected chi connectivity index (χ3v) is 2.59. The predicted octanol–water partition coefficient (Wildman–Crippen LogP) is 3.39. The Morgan fingerprint density at radius 1 is 1.40 bits per heavy atom. The van der Waals surface area contributed by atoms with Gasteiger partial charge in [-0.05, 0) is 30.4 Å². The quantitative estimate of drug-likeness (QED) is 0.639. The third-order valence-electron chi connectivity index (χ3n) is 2.59. The van der Waals surface area contributed by atoms with Crippen LogP contribution in [0, 0.1) is 0 Å². The molecule has 1 atom stereocenters. The molecule has 0 saturated heterocycles. The number of pyridine rings is 1. The lowest BCUT2D eigenvalue weighted by atomic mass is 10.0. The molecule has 0 amide bonds. The van der Waals surface area contributed by atoms with Crippen LogP contribution in [0.1, 0.15) is 44.6 Å². The summed E-state index contributed by atoms with van der Waals surface area (Å²) in [5.74, 6) is 0.542. The van der Waals surface area contributed by atoms with Crippen molar-refractivity contribution >= 4 is 0 Å². The zero-order valence-corrected chi connectivity index (χ0v) is 9.78. The average Bonchev–Trinajstić information content (AvgIpc) is 2.30. The molecule has 0 saturated carbocycles. The lowest BCUT2D eigenvalue weighted by Crippen LogP contribution is -2.02. The topological polar surface area (TPSA) is 22.1 Å². The molecule has 0 N–H and O–H groups in total. The summed E-state index contributed by atoms with van der Waals surface area (Å²) in [4.78, 5) is 4.12. The van der Waals surface area contributed by atoms with Gasteiger partial charge in [-0.15, -0.1) is 0 Å². The molecule has 0 fully saturated rings. The standard InChI is InChI=1S/C13H21NO/c1-3-4-9-15-10-7-12(2)13-6-5-8-14-11-13/h5-6,8,11-12H,3-4,7,9-10H2,1-2H3. The highest BCUT2D eigenvalue weighted by atomic mass is 16.5. The van der Waals surface area contributed by atoms with Crippen LogP contribution in [0.3, 0.4) is 0 Å². The third kappa shape index (κ3) is 4.93. The van der Waals surface area contributed by atoms with E-state index in [0.29, 0.717) is 5.92 Å². The smallest absolute Gasteiger partial charge is 0.0471 e. The van der Waals surface area contributed by atoms with Crippen molar-refractivity contribution in [3.05, 3.63) is 30.1 Å². The van der Waals surface area contributed by atoms with Crippen molar-refractivity contribution in [2.75, 3.05) is 13.2 Å². The van der Waals surface area contributed by atoms with Crippen LogP contribution in [0.4, 0.5) is 0 Å². The highest BCUT2D eigenvalue weighted by molar-refractivity contribution is 5.13. The minimum Gasteiger partial charge on any atom is -0.381 e. The Kier molecular flexibility index (Phi) is 6.02. The summed E-state index contributed by atoms with van der Waals surface area (Å²) in [5.41, 5.74) is 1.30. The SMILES string of the molecule is CCCCOCCC(C)c1cccnc1. The Morgan fingerprint density at radius 2 is 2.27 bits per heavy atom. The summed E-state index contributed by atoms with van der Waals surface area (Å²) >= 11 is 0. The fourth-order valence-electron chi connectivity index (χ4n) is 1.44. The van der Waals surface area contributed by atoms with E-state index in [1.54, 1.807) is 0 Å². The molecular weight excluding hydrogens is 186 g/mol. The molecule has 1 aromatic rings. The highest BCUT2D eigenvalue weighted by Crippen LogP contribution is 2.17. The molecule has 1 heterocycles. The molecule has 0 aliphatic rings. The first-order chi connectivity index (χ1) is 7.34. The van der Waals surface area contributed by atoms with Gasteiger partial charge in [-0.1, -0.05) is 26.3 Å². The summed E-state index contributed by atoms with van der Waals surface area (Å²) in [5, 5.41) is 0. The molecule has 15 heavy (non-hydrogen) atoms. The fourth-order valence-corrected chi connectivity index (χ4v) is 1.44. The van der Waals surface area contributed by atoms with Gasteiger partial charge in [-0.3, -0.25) is 4.98 Å². The molecule has 0 spiro atoms. The molecule has 1 rings (SSSR count). The number of rotatable bonds is 7. The Hall–Kier alpha value is -0.890. The highest BCUT2D eigenvalue weighted by Gasteiger charge is 2.04. The van der Waals surface area contributed by atoms with Crippen LogP contribution in [0.25, 0.3) is 0 Å². The van der Waals surface area contributed by atoms with E-state index in [1.807, 2.05) is 18.5 Å². The van der Waals surface area contributed by atoms with E-state index in [-0.39, 0.29) is 0 Å². The molecule has 2 nitrogen and oxygen atoms in total. The van der Waals surface area contributed by atoms with Crippen LogP contribution in [-0.2, 0) is 4.74 Å². The molecule has 0 bridgehead atoms. The number of unbranched alkanes of at least 4 members (excludes halogenated alkanes) is 1. The monoisotopic (exact) mass is 207 g/mol. The van der Waals surface area contributed by atoms with Crippen molar-refractivity contribution in [3.63, 3.8) is 0 Å². The Balaban J connectivity index is 2.16. The maximum Gasteiger partial charge on any atom is 0.0471 e. The van der Waals surface area contributed by atoms with Gasteiger partial charge in [0.2, 0.25) is 0 Å². The van der Waals surface area contributed by atoms with Crippen molar-refractivity contribution in [3.8, 4) is 0 Å². The van der Waals surface area contributed by atoms with Crippen LogP contribution in [0.2, 0.25) is 0 Å². The van der Waals surface area contributed by atoms with Crippen LogP contribution in [0.5, 0.6) is 0 Å². The van der Waals surface area contributed by atoms with Gasteiger partial charge in [-0.25, -0.2) is 0 Å². The average molecular weight is 207 g/mol. The van der Waals surface area contributed by atoms with E-state index in [9.17, 15) is 0 Å². The molecule has 2 heteroatoms. The Labute approximate surface area is 92.7 Å². The van der Waals surface area contributed by atoms with Crippen molar-refractivity contribution in [1.29, 1.82) is 0 Å². The number of nitrogens with zero attached hydrogens (tertiary/aromatic N) is 1. The second-order valence-corrected chi connectivity index (χ2v) is 3.94. The molecule has 0 aromatic carbocycles. The molecule has 0 aliphatic carbocycles. The second-order valence-electron chi connectivity index (χ2n) is 3.94. The van der Waals surface area contributed by atoms with E-state index in [1.165, 1.54) is 18.4 Å². The van der Waals surface area contributed by atoms with E-state index in [2.05, 4.69) is 24.9 Å². The van der Waals surface area contributed by atoms with E-state index in [4.69, 9.17) is 4.74 Å². The lowest BCUT2D eigenvalue weighted by Gasteiger charge is -2.11. The van der Waals surface area contributed by atoms with Crippen LogP contribution in [0.15, 0.2) is 24.5 Å². The first-order valence-corrected chi connectivity index (χ1v) is 5.82. The van der Waals surface area contributed by atoms with Gasteiger partial charge in [0.05, 0.1) is 0 Å². The minimum absolute atomic E-state index is 0.542. The van der Waals surface area contributed by atoms with Gasteiger partial charge in [-0.2, -0.15) is 0 Å². The molecule has 84 valence electrons. The summed E-state index contributed by atoms with van der Waals surface area (Å²) in [6, 6.07) is 4.12. The number of ether oxygens (including phenoxy) is 1. The number of aromatic nitrogens is 1. The van der Waals surface area contributed by atoms with Gasteiger partial charge in [0.1, 0.15) is 0 Å². The van der Waals surface area contributed by atoms with Crippen LogP contribution < -0.4 is 0 Å². The summed E-state index contributed by atoms with van der Waals surface area (Å²) in [6.07, 6.45) is 7.21. The van der Waals surface area contributed by atoms with Gasteiger partial charge >= 0.3 is 0 Å². The zero-order valence-electron chi connectivity index (χ0n) is 9.78. The molecule has 1 aromatic heterocycles. The molecular formula is C13H21NO. The van der Waals surface area contributed by atoms with Crippen molar-refractivity contribution in [2.45, 2.75) is 39.0 Å². The van der Waals surface area contributed by atoms with Gasteiger partial charge < -0.3 is 4.74 Å². The van der Waals surface area contributed by atoms with Crippen molar-refractivity contribution in [1.82, 2.24) is 4.98 Å². The van der Waals surface area contributed by atoms with E-state index in [0.717, 1.165) is 19.6 Å². The zero-order chi connectivity index (χ0) is 10.9. The minimum atomic E-state index is 0.542.